The van der Waals surface area contributed by atoms with Gasteiger partial charge in [0.25, 0.3) is 0 Å². The molecule has 4 heterocycles. The lowest BCUT2D eigenvalue weighted by atomic mass is 9.88. The number of aromatic nitrogens is 5. The third-order valence-electron chi connectivity index (χ3n) is 9.02. The molecule has 1 aromatic carbocycles. The molecular weight excluding hydrogens is 476 g/mol. The predicted molar refractivity (Wildman–Crippen MR) is 151 cm³/mol. The van der Waals surface area contributed by atoms with Crippen molar-refractivity contribution in [1.82, 2.24) is 29.5 Å². The Morgan fingerprint density at radius 1 is 1.05 bits per heavy atom. The number of nitrogens with zero attached hydrogens (tertiary/aromatic N) is 4. The second-order valence-electron chi connectivity index (χ2n) is 11.7. The maximum atomic E-state index is 13.3. The van der Waals surface area contributed by atoms with Gasteiger partial charge in [-0.05, 0) is 105 Å². The molecule has 1 saturated carbocycles. The summed E-state index contributed by atoms with van der Waals surface area (Å²) in [5.74, 6) is 1.04. The number of imidazole rings is 1. The van der Waals surface area contributed by atoms with Crippen molar-refractivity contribution in [2.45, 2.75) is 84.2 Å². The van der Waals surface area contributed by atoms with Gasteiger partial charge in [0.1, 0.15) is 6.33 Å². The van der Waals surface area contributed by atoms with Gasteiger partial charge in [0.2, 0.25) is 0 Å². The molecule has 0 bridgehead atoms. The standard InChI is InChI=1S/C30H40N6O2/c1-18(2)24-14-28-27(13-25(24)26-16-35-29(32-17-33-35)20(4)19(26)3)34-30(37)36(28)23-7-5-22(6-8-23)31-15-21-9-11-38-12-10-21/h13-14,16-18,21-23,31H,5-12,15H2,1-4H3,(H,34,37)/t22-,23+. The van der Waals surface area contributed by atoms with Crippen LogP contribution in [0.4, 0.5) is 0 Å². The van der Waals surface area contributed by atoms with Crippen molar-refractivity contribution in [3.05, 3.63) is 51.8 Å². The van der Waals surface area contributed by atoms with Gasteiger partial charge in [-0.1, -0.05) is 13.8 Å². The van der Waals surface area contributed by atoms with E-state index in [4.69, 9.17) is 4.74 Å². The molecule has 0 radical (unpaired) electrons. The third-order valence-corrected chi connectivity index (χ3v) is 9.02. The molecule has 0 amide bonds. The summed E-state index contributed by atoms with van der Waals surface area (Å²) in [5.41, 5.74) is 8.68. The Labute approximate surface area is 223 Å². The molecule has 1 aliphatic carbocycles. The highest BCUT2D eigenvalue weighted by molar-refractivity contribution is 5.86. The molecule has 6 rings (SSSR count). The average molecular weight is 517 g/mol. The van der Waals surface area contributed by atoms with Crippen molar-refractivity contribution in [1.29, 1.82) is 0 Å². The van der Waals surface area contributed by atoms with Gasteiger partial charge < -0.3 is 15.0 Å². The minimum atomic E-state index is 0.00472. The lowest BCUT2D eigenvalue weighted by molar-refractivity contribution is 0.0648. The Balaban J connectivity index is 1.29. The van der Waals surface area contributed by atoms with Crippen LogP contribution in [0, 0.1) is 19.8 Å². The van der Waals surface area contributed by atoms with E-state index >= 15 is 0 Å². The molecule has 0 unspecified atom stereocenters. The molecule has 3 aromatic heterocycles. The Morgan fingerprint density at radius 2 is 1.82 bits per heavy atom. The van der Waals surface area contributed by atoms with Crippen molar-refractivity contribution in [2.24, 2.45) is 5.92 Å². The summed E-state index contributed by atoms with van der Waals surface area (Å²) in [5, 5.41) is 8.22. The lowest BCUT2D eigenvalue weighted by Gasteiger charge is -2.32. The lowest BCUT2D eigenvalue weighted by Crippen LogP contribution is -2.38. The van der Waals surface area contributed by atoms with Gasteiger partial charge in [-0.25, -0.2) is 14.3 Å². The maximum Gasteiger partial charge on any atom is 0.326 e. The van der Waals surface area contributed by atoms with Crippen LogP contribution < -0.4 is 11.0 Å². The molecular formula is C30H40N6O2. The first-order chi connectivity index (χ1) is 18.4. The minimum absolute atomic E-state index is 0.00472. The summed E-state index contributed by atoms with van der Waals surface area (Å²) in [6, 6.07) is 5.21. The summed E-state index contributed by atoms with van der Waals surface area (Å²) < 4.78 is 9.40. The molecule has 8 nitrogen and oxygen atoms in total. The zero-order chi connectivity index (χ0) is 26.4. The van der Waals surface area contributed by atoms with Crippen molar-refractivity contribution in [3.63, 3.8) is 0 Å². The Morgan fingerprint density at radius 3 is 2.55 bits per heavy atom. The van der Waals surface area contributed by atoms with Crippen molar-refractivity contribution in [3.8, 4) is 11.1 Å². The Bertz CT molecular complexity index is 1500. The molecule has 1 saturated heterocycles. The highest BCUT2D eigenvalue weighted by Crippen LogP contribution is 2.37. The molecule has 8 heteroatoms. The first-order valence-corrected chi connectivity index (χ1v) is 14.3. The fourth-order valence-corrected chi connectivity index (χ4v) is 6.56. The quantitative estimate of drug-likeness (QED) is 0.364. The van der Waals surface area contributed by atoms with Gasteiger partial charge in [0, 0.05) is 37.1 Å². The first-order valence-electron chi connectivity index (χ1n) is 14.3. The highest BCUT2D eigenvalue weighted by Gasteiger charge is 2.27. The van der Waals surface area contributed by atoms with E-state index in [9.17, 15) is 4.79 Å². The van der Waals surface area contributed by atoms with E-state index in [-0.39, 0.29) is 11.7 Å². The van der Waals surface area contributed by atoms with E-state index < -0.39 is 0 Å². The third kappa shape index (κ3) is 4.58. The average Bonchev–Trinajstić information content (AvgIpc) is 3.53. The second-order valence-corrected chi connectivity index (χ2v) is 11.7. The van der Waals surface area contributed by atoms with E-state index in [2.05, 4.69) is 66.4 Å². The summed E-state index contributed by atoms with van der Waals surface area (Å²) in [4.78, 5) is 20.9. The molecule has 4 aromatic rings. The van der Waals surface area contributed by atoms with Crippen LogP contribution >= 0.6 is 0 Å². The molecule has 2 fully saturated rings. The fraction of sp³-hybridized carbons (Fsp3) is 0.567. The summed E-state index contributed by atoms with van der Waals surface area (Å²) in [7, 11) is 0. The van der Waals surface area contributed by atoms with Crippen molar-refractivity contribution < 1.29 is 4.74 Å². The van der Waals surface area contributed by atoms with E-state index in [1.807, 2.05) is 9.08 Å². The number of rotatable bonds is 6. The van der Waals surface area contributed by atoms with E-state index in [0.29, 0.717) is 12.0 Å². The van der Waals surface area contributed by atoms with Crippen LogP contribution in [0.5, 0.6) is 0 Å². The molecule has 2 aliphatic rings. The summed E-state index contributed by atoms with van der Waals surface area (Å²) in [6.45, 7) is 11.6. The number of ether oxygens (including phenoxy) is 1. The van der Waals surface area contributed by atoms with Crippen LogP contribution in [-0.4, -0.2) is 49.9 Å². The maximum absolute atomic E-state index is 13.3. The molecule has 38 heavy (non-hydrogen) atoms. The Hall–Kier alpha value is -2.97. The number of hydrogen-bond acceptors (Lipinski definition) is 5. The molecule has 1 aliphatic heterocycles. The van der Waals surface area contributed by atoms with Crippen LogP contribution in [-0.2, 0) is 4.74 Å². The molecule has 2 N–H and O–H groups in total. The largest absolute Gasteiger partial charge is 0.381 e. The van der Waals surface area contributed by atoms with Crippen LogP contribution in [0.1, 0.15) is 81.0 Å². The second kappa shape index (κ2) is 10.3. The SMILES string of the molecule is Cc1c(-c2cc3[nH]c(=O)n([C@H]4CC[C@@H](NCC5CCOCC5)CC4)c3cc2C(C)C)cn2ncnc2c1C. The van der Waals surface area contributed by atoms with Crippen LogP contribution in [0.15, 0.2) is 29.5 Å². The van der Waals surface area contributed by atoms with Crippen LogP contribution in [0.3, 0.4) is 0 Å². The zero-order valence-corrected chi connectivity index (χ0v) is 23.1. The monoisotopic (exact) mass is 516 g/mol. The van der Waals surface area contributed by atoms with Crippen LogP contribution in [0.2, 0.25) is 0 Å². The zero-order valence-electron chi connectivity index (χ0n) is 23.1. The van der Waals surface area contributed by atoms with Gasteiger partial charge >= 0.3 is 5.69 Å². The molecule has 202 valence electrons. The van der Waals surface area contributed by atoms with Crippen LogP contribution in [0.25, 0.3) is 27.8 Å². The number of aromatic amines is 1. The smallest absolute Gasteiger partial charge is 0.326 e. The predicted octanol–water partition coefficient (Wildman–Crippen LogP) is 5.28. The van der Waals surface area contributed by atoms with Crippen molar-refractivity contribution >= 4 is 16.7 Å². The number of pyridine rings is 1. The van der Waals surface area contributed by atoms with Gasteiger partial charge in [-0.3, -0.25) is 4.57 Å². The fourth-order valence-electron chi connectivity index (χ4n) is 6.56. The topological polar surface area (TPSA) is 89.2 Å². The number of benzene rings is 1. The van der Waals surface area contributed by atoms with E-state index in [0.717, 1.165) is 84.7 Å². The van der Waals surface area contributed by atoms with Gasteiger partial charge in [0.05, 0.1) is 11.0 Å². The minimum Gasteiger partial charge on any atom is -0.381 e. The highest BCUT2D eigenvalue weighted by atomic mass is 16.5. The number of fused-ring (bicyclic) bond motifs is 2. The van der Waals surface area contributed by atoms with E-state index in [1.54, 1.807) is 6.33 Å². The molecule has 0 spiro atoms. The van der Waals surface area contributed by atoms with E-state index in [1.165, 1.54) is 24.0 Å². The molecule has 0 atom stereocenters. The Kier molecular flexibility index (Phi) is 6.86. The van der Waals surface area contributed by atoms with Gasteiger partial charge in [0.15, 0.2) is 5.65 Å². The normalized spacial score (nSPS) is 21.2. The summed E-state index contributed by atoms with van der Waals surface area (Å²) >= 11 is 0. The van der Waals surface area contributed by atoms with Crippen molar-refractivity contribution in [2.75, 3.05) is 19.8 Å². The number of hydrogen-bond donors (Lipinski definition) is 2. The number of aryl methyl sites for hydroxylation is 1. The summed E-state index contributed by atoms with van der Waals surface area (Å²) in [6.07, 6.45) is 10.3. The van der Waals surface area contributed by atoms with Gasteiger partial charge in [-0.15, -0.1) is 0 Å². The number of H-pyrrole nitrogens is 1. The first kappa shape index (κ1) is 25.3. The van der Waals surface area contributed by atoms with Gasteiger partial charge in [-0.2, -0.15) is 5.10 Å². The number of nitrogens with one attached hydrogen (secondary N) is 2.